The molecule has 3 rings (SSSR count). The van der Waals surface area contributed by atoms with E-state index in [0.717, 1.165) is 23.6 Å². The fourth-order valence-electron chi connectivity index (χ4n) is 3.94. The Morgan fingerprint density at radius 1 is 1.05 bits per heavy atom. The molecule has 2 aliphatic carbocycles. The first-order chi connectivity index (χ1) is 10.0. The van der Waals surface area contributed by atoms with Crippen LogP contribution in [0.4, 0.5) is 0 Å². The molecule has 1 aromatic rings. The zero-order valence-electron chi connectivity index (χ0n) is 13.7. The second-order valence-electron chi connectivity index (χ2n) is 7.95. The molecule has 2 saturated carbocycles. The smallest absolute Gasteiger partial charge is 0.230 e. The van der Waals surface area contributed by atoms with Crippen molar-refractivity contribution in [2.75, 3.05) is 0 Å². The van der Waals surface area contributed by atoms with Gasteiger partial charge in [0.15, 0.2) is 0 Å². The predicted octanol–water partition coefficient (Wildman–Crippen LogP) is 4.03. The van der Waals surface area contributed by atoms with Gasteiger partial charge in [-0.3, -0.25) is 0 Å². The Hall–Kier alpha value is -0.900. The largest absolute Gasteiger partial charge is 0.424 e. The van der Waals surface area contributed by atoms with Crippen LogP contribution in [0.3, 0.4) is 0 Å². The van der Waals surface area contributed by atoms with E-state index < -0.39 is 0 Å². The molecule has 4 heteroatoms. The Bertz CT molecular complexity index is 463. The average molecular weight is 291 g/mol. The van der Waals surface area contributed by atoms with Gasteiger partial charge in [-0.1, -0.05) is 25.7 Å². The van der Waals surface area contributed by atoms with Crippen LogP contribution in [0.25, 0.3) is 0 Å². The van der Waals surface area contributed by atoms with Crippen molar-refractivity contribution in [3.8, 4) is 0 Å². The summed E-state index contributed by atoms with van der Waals surface area (Å²) in [6.07, 6.45) is 9.56. The van der Waals surface area contributed by atoms with E-state index in [4.69, 9.17) is 4.42 Å². The zero-order valence-corrected chi connectivity index (χ0v) is 13.7. The van der Waals surface area contributed by atoms with E-state index in [1.807, 2.05) is 0 Å². The SMILES string of the molecule is CC(C)(C)NCc1nnc(C2CCC3CCCCC3C2)o1. The minimum absolute atomic E-state index is 0.0782. The molecule has 0 aliphatic heterocycles. The van der Waals surface area contributed by atoms with E-state index in [-0.39, 0.29) is 5.54 Å². The lowest BCUT2D eigenvalue weighted by molar-refractivity contribution is 0.145. The molecule has 1 N–H and O–H groups in total. The molecule has 0 bridgehead atoms. The molecule has 4 nitrogen and oxygen atoms in total. The lowest BCUT2D eigenvalue weighted by Crippen LogP contribution is -2.35. The summed E-state index contributed by atoms with van der Waals surface area (Å²) in [4.78, 5) is 0. The highest BCUT2D eigenvalue weighted by Crippen LogP contribution is 2.45. The van der Waals surface area contributed by atoms with Gasteiger partial charge in [-0.15, -0.1) is 10.2 Å². The number of nitrogens with zero attached hydrogens (tertiary/aromatic N) is 2. The van der Waals surface area contributed by atoms with E-state index in [9.17, 15) is 0 Å². The summed E-state index contributed by atoms with van der Waals surface area (Å²) in [7, 11) is 0. The highest BCUT2D eigenvalue weighted by molar-refractivity contribution is 4.97. The molecule has 0 amide bonds. The second-order valence-corrected chi connectivity index (χ2v) is 7.95. The monoisotopic (exact) mass is 291 g/mol. The molecule has 3 atom stereocenters. The van der Waals surface area contributed by atoms with Crippen LogP contribution in [0.1, 0.15) is 83.4 Å². The summed E-state index contributed by atoms with van der Waals surface area (Å²) >= 11 is 0. The van der Waals surface area contributed by atoms with Crippen LogP contribution in [0.15, 0.2) is 4.42 Å². The van der Waals surface area contributed by atoms with Gasteiger partial charge in [0.05, 0.1) is 6.54 Å². The van der Waals surface area contributed by atoms with Crippen molar-refractivity contribution in [3.63, 3.8) is 0 Å². The van der Waals surface area contributed by atoms with Gasteiger partial charge in [-0.05, 0) is 51.9 Å². The van der Waals surface area contributed by atoms with Crippen molar-refractivity contribution in [2.24, 2.45) is 11.8 Å². The maximum atomic E-state index is 5.91. The lowest BCUT2D eigenvalue weighted by atomic mass is 9.67. The first-order valence-electron chi connectivity index (χ1n) is 8.58. The minimum atomic E-state index is 0.0782. The normalized spacial score (nSPS) is 30.1. The minimum Gasteiger partial charge on any atom is -0.424 e. The van der Waals surface area contributed by atoms with Crippen LogP contribution >= 0.6 is 0 Å². The van der Waals surface area contributed by atoms with Gasteiger partial charge in [-0.25, -0.2) is 0 Å². The van der Waals surface area contributed by atoms with Crippen molar-refractivity contribution in [3.05, 3.63) is 11.8 Å². The third-order valence-corrected chi connectivity index (χ3v) is 5.14. The van der Waals surface area contributed by atoms with Crippen molar-refractivity contribution >= 4 is 0 Å². The van der Waals surface area contributed by atoms with Gasteiger partial charge < -0.3 is 9.73 Å². The molecule has 21 heavy (non-hydrogen) atoms. The summed E-state index contributed by atoms with van der Waals surface area (Å²) in [5.74, 6) is 3.98. The van der Waals surface area contributed by atoms with Gasteiger partial charge in [0.2, 0.25) is 11.8 Å². The molecule has 2 aliphatic rings. The second kappa shape index (κ2) is 6.07. The Kier molecular flexibility index (Phi) is 4.34. The van der Waals surface area contributed by atoms with Crippen LogP contribution in [-0.4, -0.2) is 15.7 Å². The average Bonchev–Trinajstić information content (AvgIpc) is 2.93. The van der Waals surface area contributed by atoms with Gasteiger partial charge in [-0.2, -0.15) is 0 Å². The Labute approximate surface area is 128 Å². The quantitative estimate of drug-likeness (QED) is 0.913. The first kappa shape index (κ1) is 15.0. The molecule has 1 aromatic heterocycles. The van der Waals surface area contributed by atoms with Crippen molar-refractivity contribution in [1.29, 1.82) is 0 Å². The van der Waals surface area contributed by atoms with Crippen molar-refractivity contribution in [2.45, 2.75) is 83.7 Å². The number of fused-ring (bicyclic) bond motifs is 1. The summed E-state index contributed by atoms with van der Waals surface area (Å²) < 4.78 is 5.91. The highest BCUT2D eigenvalue weighted by Gasteiger charge is 2.34. The molecule has 0 radical (unpaired) electrons. The van der Waals surface area contributed by atoms with E-state index in [0.29, 0.717) is 12.5 Å². The number of hydrogen-bond donors (Lipinski definition) is 1. The third kappa shape index (κ3) is 3.85. The Morgan fingerprint density at radius 3 is 2.57 bits per heavy atom. The van der Waals surface area contributed by atoms with Crippen molar-refractivity contribution in [1.82, 2.24) is 15.5 Å². The number of nitrogens with one attached hydrogen (secondary N) is 1. The topological polar surface area (TPSA) is 51.0 Å². The lowest BCUT2D eigenvalue weighted by Gasteiger charge is -2.38. The van der Waals surface area contributed by atoms with Gasteiger partial charge in [0, 0.05) is 11.5 Å². The van der Waals surface area contributed by atoms with E-state index >= 15 is 0 Å². The molecule has 2 fully saturated rings. The number of rotatable bonds is 3. The van der Waals surface area contributed by atoms with E-state index in [2.05, 4.69) is 36.3 Å². The van der Waals surface area contributed by atoms with Crippen LogP contribution in [0.2, 0.25) is 0 Å². The molecule has 0 spiro atoms. The number of hydrogen-bond acceptors (Lipinski definition) is 4. The van der Waals surface area contributed by atoms with Gasteiger partial charge in [0.25, 0.3) is 0 Å². The maximum absolute atomic E-state index is 5.91. The standard InChI is InChI=1S/C17H29N3O/c1-17(2,3)18-11-15-19-20-16(21-15)14-9-8-12-6-4-5-7-13(12)10-14/h12-14,18H,4-11H2,1-3H3. The molecule has 3 unspecified atom stereocenters. The summed E-state index contributed by atoms with van der Waals surface area (Å²) in [6.45, 7) is 7.10. The van der Waals surface area contributed by atoms with Crippen molar-refractivity contribution < 1.29 is 4.42 Å². The predicted molar refractivity (Wildman–Crippen MR) is 82.9 cm³/mol. The van der Waals surface area contributed by atoms with E-state index in [1.165, 1.54) is 44.9 Å². The van der Waals surface area contributed by atoms with Crippen LogP contribution < -0.4 is 5.32 Å². The fraction of sp³-hybridized carbons (Fsp3) is 0.882. The zero-order chi connectivity index (χ0) is 14.9. The fourth-order valence-corrected chi connectivity index (χ4v) is 3.94. The van der Waals surface area contributed by atoms with Crippen LogP contribution in [-0.2, 0) is 6.54 Å². The molecular weight excluding hydrogens is 262 g/mol. The Balaban J connectivity index is 1.58. The molecule has 0 saturated heterocycles. The van der Waals surface area contributed by atoms with Gasteiger partial charge >= 0.3 is 0 Å². The van der Waals surface area contributed by atoms with Gasteiger partial charge in [0.1, 0.15) is 0 Å². The summed E-state index contributed by atoms with van der Waals surface area (Å²) in [5, 5.41) is 11.9. The van der Waals surface area contributed by atoms with Crippen LogP contribution in [0.5, 0.6) is 0 Å². The Morgan fingerprint density at radius 2 is 1.81 bits per heavy atom. The molecular formula is C17H29N3O. The first-order valence-corrected chi connectivity index (χ1v) is 8.58. The summed E-state index contributed by atoms with van der Waals surface area (Å²) in [6, 6.07) is 0. The third-order valence-electron chi connectivity index (χ3n) is 5.14. The summed E-state index contributed by atoms with van der Waals surface area (Å²) in [5.41, 5.74) is 0.0782. The van der Waals surface area contributed by atoms with Crippen LogP contribution in [0, 0.1) is 11.8 Å². The molecule has 0 aromatic carbocycles. The maximum Gasteiger partial charge on any atom is 0.230 e. The highest BCUT2D eigenvalue weighted by atomic mass is 16.4. The molecule has 118 valence electrons. The van der Waals surface area contributed by atoms with E-state index in [1.54, 1.807) is 0 Å². The molecule has 1 heterocycles. The number of aromatic nitrogens is 2.